The Kier molecular flexibility index (Phi) is 4.23. The molecule has 0 fully saturated rings. The topological polar surface area (TPSA) is 82.0 Å². The maximum atomic E-state index is 11.2. The molecule has 0 aliphatic rings. The number of carbonyl (C=O) groups excluding carboxylic acids is 2. The third kappa shape index (κ3) is 3.95. The van der Waals surface area contributed by atoms with Gasteiger partial charge < -0.3 is 10.6 Å². The standard InChI is InChI=1S/C12H13N3O2/c1-8-7-10(14-9(2)16)3-4-11(8)15-12(17)5-6-13/h3-4,7H,5H2,1-2H3,(H,14,16)(H,15,17). The summed E-state index contributed by atoms with van der Waals surface area (Å²) in [7, 11) is 0. The van der Waals surface area contributed by atoms with Crippen molar-refractivity contribution in [1.29, 1.82) is 5.26 Å². The highest BCUT2D eigenvalue weighted by molar-refractivity contribution is 5.94. The average molecular weight is 231 g/mol. The van der Waals surface area contributed by atoms with Gasteiger partial charge in [-0.3, -0.25) is 9.59 Å². The Morgan fingerprint density at radius 1 is 1.35 bits per heavy atom. The minimum absolute atomic E-state index is 0.148. The summed E-state index contributed by atoms with van der Waals surface area (Å²) < 4.78 is 0. The van der Waals surface area contributed by atoms with Gasteiger partial charge in [-0.1, -0.05) is 0 Å². The lowest BCUT2D eigenvalue weighted by Crippen LogP contribution is -2.11. The number of nitriles is 1. The van der Waals surface area contributed by atoms with Gasteiger partial charge in [0, 0.05) is 18.3 Å². The average Bonchev–Trinajstić information content (AvgIpc) is 2.21. The monoisotopic (exact) mass is 231 g/mol. The van der Waals surface area contributed by atoms with Crippen LogP contribution in [0.2, 0.25) is 0 Å². The highest BCUT2D eigenvalue weighted by atomic mass is 16.2. The lowest BCUT2D eigenvalue weighted by molar-refractivity contribution is -0.115. The molecule has 0 aromatic heterocycles. The van der Waals surface area contributed by atoms with Crippen molar-refractivity contribution < 1.29 is 9.59 Å². The molecule has 0 spiro atoms. The van der Waals surface area contributed by atoms with E-state index in [1.54, 1.807) is 24.3 Å². The normalized spacial score (nSPS) is 9.24. The first kappa shape index (κ1) is 12.7. The van der Waals surface area contributed by atoms with Crippen molar-refractivity contribution in [2.75, 3.05) is 10.6 Å². The molecule has 0 aliphatic heterocycles. The van der Waals surface area contributed by atoms with Gasteiger partial charge in [0.1, 0.15) is 6.42 Å². The van der Waals surface area contributed by atoms with Crippen molar-refractivity contribution in [3.8, 4) is 6.07 Å². The molecule has 0 bridgehead atoms. The Morgan fingerprint density at radius 2 is 2.06 bits per heavy atom. The van der Waals surface area contributed by atoms with Gasteiger partial charge in [0.25, 0.3) is 0 Å². The summed E-state index contributed by atoms with van der Waals surface area (Å²) in [4.78, 5) is 22.1. The Morgan fingerprint density at radius 3 is 2.59 bits per heavy atom. The van der Waals surface area contributed by atoms with E-state index in [2.05, 4.69) is 10.6 Å². The van der Waals surface area contributed by atoms with Crippen LogP contribution in [0, 0.1) is 18.3 Å². The number of anilines is 2. The van der Waals surface area contributed by atoms with Crippen LogP contribution < -0.4 is 10.6 Å². The minimum Gasteiger partial charge on any atom is -0.326 e. The molecule has 17 heavy (non-hydrogen) atoms. The van der Waals surface area contributed by atoms with Crippen molar-refractivity contribution in [3.63, 3.8) is 0 Å². The maximum Gasteiger partial charge on any atom is 0.238 e. The first-order chi connectivity index (χ1) is 8.02. The summed E-state index contributed by atoms with van der Waals surface area (Å²) in [6, 6.07) is 6.91. The van der Waals surface area contributed by atoms with Crippen LogP contribution in [0.3, 0.4) is 0 Å². The Labute approximate surface area is 99.4 Å². The van der Waals surface area contributed by atoms with Crippen LogP contribution in [-0.2, 0) is 9.59 Å². The van der Waals surface area contributed by atoms with Gasteiger partial charge in [-0.05, 0) is 30.7 Å². The number of amides is 2. The fourth-order valence-corrected chi connectivity index (χ4v) is 1.35. The number of hydrogen-bond acceptors (Lipinski definition) is 3. The summed E-state index contributed by atoms with van der Waals surface area (Å²) >= 11 is 0. The summed E-state index contributed by atoms with van der Waals surface area (Å²) in [6.07, 6.45) is -0.174. The van der Waals surface area contributed by atoms with Crippen molar-refractivity contribution in [2.45, 2.75) is 20.3 Å². The van der Waals surface area contributed by atoms with E-state index in [-0.39, 0.29) is 18.2 Å². The fraction of sp³-hybridized carbons (Fsp3) is 0.250. The largest absolute Gasteiger partial charge is 0.326 e. The van der Waals surface area contributed by atoms with Crippen molar-refractivity contribution in [2.24, 2.45) is 0 Å². The summed E-state index contributed by atoms with van der Waals surface area (Å²) in [6.45, 7) is 3.24. The Balaban J connectivity index is 2.80. The van der Waals surface area contributed by atoms with E-state index in [9.17, 15) is 9.59 Å². The highest BCUT2D eigenvalue weighted by Gasteiger charge is 2.05. The maximum absolute atomic E-state index is 11.2. The van der Waals surface area contributed by atoms with Gasteiger partial charge >= 0.3 is 0 Å². The smallest absolute Gasteiger partial charge is 0.238 e. The van der Waals surface area contributed by atoms with E-state index < -0.39 is 0 Å². The summed E-state index contributed by atoms with van der Waals surface area (Å²) in [5, 5.41) is 13.6. The van der Waals surface area contributed by atoms with Crippen molar-refractivity contribution in [3.05, 3.63) is 23.8 Å². The number of nitrogens with one attached hydrogen (secondary N) is 2. The second-order valence-electron chi connectivity index (χ2n) is 3.59. The number of rotatable bonds is 3. The van der Waals surface area contributed by atoms with Crippen molar-refractivity contribution in [1.82, 2.24) is 0 Å². The number of carbonyl (C=O) groups is 2. The third-order valence-electron chi connectivity index (χ3n) is 2.06. The molecule has 1 aromatic rings. The molecular formula is C12H13N3O2. The van der Waals surface area contributed by atoms with Gasteiger partial charge in [0.05, 0.1) is 6.07 Å². The molecule has 2 amide bonds. The zero-order valence-corrected chi connectivity index (χ0v) is 9.70. The summed E-state index contributed by atoms with van der Waals surface area (Å²) in [5.41, 5.74) is 2.13. The molecule has 5 heteroatoms. The van der Waals surface area contributed by atoms with Crippen LogP contribution in [0.15, 0.2) is 18.2 Å². The van der Waals surface area contributed by atoms with E-state index in [0.29, 0.717) is 11.4 Å². The van der Waals surface area contributed by atoms with Gasteiger partial charge in [-0.25, -0.2) is 0 Å². The molecule has 2 N–H and O–H groups in total. The highest BCUT2D eigenvalue weighted by Crippen LogP contribution is 2.19. The second kappa shape index (κ2) is 5.66. The van der Waals surface area contributed by atoms with Crippen LogP contribution in [0.1, 0.15) is 18.9 Å². The third-order valence-corrected chi connectivity index (χ3v) is 2.06. The van der Waals surface area contributed by atoms with Gasteiger partial charge in [-0.2, -0.15) is 5.26 Å². The lowest BCUT2D eigenvalue weighted by atomic mass is 10.1. The number of benzene rings is 1. The molecule has 0 saturated carbocycles. The number of aryl methyl sites for hydroxylation is 1. The van der Waals surface area contributed by atoms with Crippen LogP contribution in [0.25, 0.3) is 0 Å². The fourth-order valence-electron chi connectivity index (χ4n) is 1.35. The molecule has 0 atom stereocenters. The molecule has 1 aromatic carbocycles. The predicted octanol–water partition coefficient (Wildman–Crippen LogP) is 1.81. The van der Waals surface area contributed by atoms with Crippen LogP contribution in [0.5, 0.6) is 0 Å². The van der Waals surface area contributed by atoms with E-state index in [4.69, 9.17) is 5.26 Å². The first-order valence-electron chi connectivity index (χ1n) is 5.08. The van der Waals surface area contributed by atoms with E-state index in [0.717, 1.165) is 5.56 Å². The first-order valence-corrected chi connectivity index (χ1v) is 5.08. The van der Waals surface area contributed by atoms with E-state index >= 15 is 0 Å². The molecule has 0 unspecified atom stereocenters. The van der Waals surface area contributed by atoms with Crippen molar-refractivity contribution >= 4 is 23.2 Å². The molecule has 1 rings (SSSR count). The zero-order chi connectivity index (χ0) is 12.8. The van der Waals surface area contributed by atoms with E-state index in [1.807, 2.05) is 6.92 Å². The Hall–Kier alpha value is -2.35. The van der Waals surface area contributed by atoms with Crippen LogP contribution in [-0.4, -0.2) is 11.8 Å². The number of hydrogen-bond donors (Lipinski definition) is 2. The second-order valence-corrected chi connectivity index (χ2v) is 3.59. The molecule has 0 radical (unpaired) electrons. The van der Waals surface area contributed by atoms with Crippen LogP contribution in [0.4, 0.5) is 11.4 Å². The molecule has 0 heterocycles. The Bertz CT molecular complexity index is 489. The predicted molar refractivity (Wildman–Crippen MR) is 64.3 cm³/mol. The van der Waals surface area contributed by atoms with E-state index in [1.165, 1.54) is 6.92 Å². The SMILES string of the molecule is CC(=O)Nc1ccc(NC(=O)CC#N)c(C)c1. The lowest BCUT2D eigenvalue weighted by Gasteiger charge is -2.09. The van der Waals surface area contributed by atoms with Gasteiger partial charge in [0.2, 0.25) is 11.8 Å². The molecule has 0 saturated heterocycles. The van der Waals surface area contributed by atoms with Gasteiger partial charge in [0.15, 0.2) is 0 Å². The van der Waals surface area contributed by atoms with Gasteiger partial charge in [-0.15, -0.1) is 0 Å². The molecule has 88 valence electrons. The zero-order valence-electron chi connectivity index (χ0n) is 9.70. The van der Waals surface area contributed by atoms with Crippen LogP contribution >= 0.6 is 0 Å². The quantitative estimate of drug-likeness (QED) is 0.832. The summed E-state index contributed by atoms with van der Waals surface area (Å²) in [5.74, 6) is -0.492. The molecule has 0 aliphatic carbocycles. The number of nitrogens with zero attached hydrogens (tertiary/aromatic N) is 1. The minimum atomic E-state index is -0.345. The molecule has 5 nitrogen and oxygen atoms in total. The molecular weight excluding hydrogens is 218 g/mol.